The highest BCUT2D eigenvalue weighted by Gasteiger charge is 2.28. The van der Waals surface area contributed by atoms with Gasteiger partial charge in [0.2, 0.25) is 10.0 Å². The molecule has 0 unspecified atom stereocenters. The molecule has 0 saturated carbocycles. The van der Waals surface area contributed by atoms with Gasteiger partial charge in [-0.25, -0.2) is 13.9 Å². The van der Waals surface area contributed by atoms with Gasteiger partial charge < -0.3 is 4.98 Å². The Morgan fingerprint density at radius 1 is 1.13 bits per heavy atom. The summed E-state index contributed by atoms with van der Waals surface area (Å²) in [5.41, 5.74) is 9.15. The third kappa shape index (κ3) is 6.57. The minimum atomic E-state index is -3.33. The molecule has 1 heterocycles. The molecule has 4 aromatic rings. The molecule has 39 heavy (non-hydrogen) atoms. The zero-order valence-electron chi connectivity index (χ0n) is 21.7. The Kier molecular flexibility index (Phi) is 7.83. The van der Waals surface area contributed by atoms with E-state index in [4.69, 9.17) is 5.21 Å². The number of aryl methyl sites for hydroxylation is 1. The normalized spacial score (nSPS) is 15.2. The van der Waals surface area contributed by atoms with Gasteiger partial charge in [-0.3, -0.25) is 19.6 Å². The Labute approximate surface area is 228 Å². The van der Waals surface area contributed by atoms with Crippen LogP contribution in [0.1, 0.15) is 40.3 Å². The van der Waals surface area contributed by atoms with Crippen molar-refractivity contribution in [1.29, 1.82) is 0 Å². The first kappa shape index (κ1) is 26.7. The van der Waals surface area contributed by atoms with Gasteiger partial charge >= 0.3 is 0 Å². The van der Waals surface area contributed by atoms with E-state index in [1.165, 1.54) is 28.2 Å². The zero-order valence-corrected chi connectivity index (χ0v) is 22.5. The fourth-order valence-corrected chi connectivity index (χ4v) is 5.95. The van der Waals surface area contributed by atoms with E-state index in [-0.39, 0.29) is 6.04 Å². The number of rotatable bonds is 10. The van der Waals surface area contributed by atoms with Crippen LogP contribution in [0.15, 0.2) is 79.0 Å². The van der Waals surface area contributed by atoms with E-state index in [0.29, 0.717) is 5.69 Å². The molecule has 0 bridgehead atoms. The van der Waals surface area contributed by atoms with Crippen molar-refractivity contribution < 1.29 is 18.4 Å². The summed E-state index contributed by atoms with van der Waals surface area (Å²) in [5, 5.41) is 9.98. The summed E-state index contributed by atoms with van der Waals surface area (Å²) in [5.74, 6) is -0.561. The number of carbonyl (C=O) groups is 1. The largest absolute Gasteiger partial charge is 0.361 e. The second kappa shape index (κ2) is 11.4. The zero-order chi connectivity index (χ0) is 27.4. The van der Waals surface area contributed by atoms with Gasteiger partial charge in [0.1, 0.15) is 0 Å². The predicted molar refractivity (Wildman–Crippen MR) is 154 cm³/mol. The highest BCUT2D eigenvalue weighted by atomic mass is 32.2. The molecule has 0 radical (unpaired) electrons. The predicted octanol–water partition coefficient (Wildman–Crippen LogP) is 4.79. The van der Waals surface area contributed by atoms with Crippen molar-refractivity contribution in [3.63, 3.8) is 0 Å². The van der Waals surface area contributed by atoms with Gasteiger partial charge in [-0.15, -0.1) is 0 Å². The van der Waals surface area contributed by atoms with Crippen molar-refractivity contribution in [3.8, 4) is 0 Å². The van der Waals surface area contributed by atoms with E-state index < -0.39 is 15.9 Å². The molecule has 8 nitrogen and oxygen atoms in total. The summed E-state index contributed by atoms with van der Waals surface area (Å²) in [6, 6.07) is 22.4. The summed E-state index contributed by atoms with van der Waals surface area (Å²) in [7, 11) is -3.33. The lowest BCUT2D eigenvalue weighted by Crippen LogP contribution is -2.29. The van der Waals surface area contributed by atoms with Gasteiger partial charge in [0.25, 0.3) is 5.91 Å². The molecule has 5 rings (SSSR count). The summed E-state index contributed by atoms with van der Waals surface area (Å²) >= 11 is 0. The second-order valence-electron chi connectivity index (χ2n) is 9.97. The maximum Gasteiger partial charge on any atom is 0.267 e. The van der Waals surface area contributed by atoms with Gasteiger partial charge in [0, 0.05) is 48.0 Å². The Morgan fingerprint density at radius 2 is 1.92 bits per heavy atom. The number of benzene rings is 3. The molecule has 0 spiro atoms. The van der Waals surface area contributed by atoms with E-state index in [2.05, 4.69) is 51.1 Å². The van der Waals surface area contributed by atoms with Crippen LogP contribution >= 0.6 is 0 Å². The minimum Gasteiger partial charge on any atom is -0.361 e. The lowest BCUT2D eigenvalue weighted by Gasteiger charge is -2.30. The van der Waals surface area contributed by atoms with Crippen molar-refractivity contribution >= 4 is 38.6 Å². The number of amides is 1. The van der Waals surface area contributed by atoms with E-state index in [9.17, 15) is 13.2 Å². The molecule has 202 valence electrons. The summed E-state index contributed by atoms with van der Waals surface area (Å²) < 4.78 is 25.7. The lowest BCUT2D eigenvalue weighted by atomic mass is 10.0. The van der Waals surface area contributed by atoms with Gasteiger partial charge in [0.05, 0.1) is 6.26 Å². The molecule has 0 fully saturated rings. The third-order valence-corrected chi connectivity index (χ3v) is 7.78. The van der Waals surface area contributed by atoms with Crippen LogP contribution in [0.3, 0.4) is 0 Å². The number of nitrogens with zero attached hydrogens (tertiary/aromatic N) is 1. The lowest BCUT2D eigenvalue weighted by molar-refractivity contribution is -0.124. The number of para-hydroxylation sites is 1. The van der Waals surface area contributed by atoms with Crippen LogP contribution in [0.5, 0.6) is 0 Å². The molecular weight excluding hydrogens is 512 g/mol. The first-order valence-electron chi connectivity index (χ1n) is 12.9. The number of hydrogen-bond donors (Lipinski definition) is 4. The number of fused-ring (bicyclic) bond motifs is 2. The monoisotopic (exact) mass is 544 g/mol. The maximum atomic E-state index is 11.6. The summed E-state index contributed by atoms with van der Waals surface area (Å²) in [4.78, 5) is 17.3. The molecule has 1 aromatic heterocycles. The number of sulfonamides is 1. The number of anilines is 1. The Balaban J connectivity index is 1.39. The summed E-state index contributed by atoms with van der Waals surface area (Å²) in [6.45, 7) is 1.58. The topological polar surface area (TPSA) is 115 Å². The van der Waals surface area contributed by atoms with Crippen LogP contribution in [0.25, 0.3) is 17.0 Å². The number of H-pyrrole nitrogens is 1. The molecule has 0 saturated heterocycles. The molecule has 1 aliphatic carbocycles. The van der Waals surface area contributed by atoms with Crippen LogP contribution in [-0.2, 0) is 34.2 Å². The van der Waals surface area contributed by atoms with E-state index in [1.54, 1.807) is 23.7 Å². The van der Waals surface area contributed by atoms with E-state index >= 15 is 0 Å². The van der Waals surface area contributed by atoms with Crippen molar-refractivity contribution in [2.75, 3.05) is 17.5 Å². The number of carbonyl (C=O) groups excluding carboxylic acids is 1. The van der Waals surface area contributed by atoms with Crippen molar-refractivity contribution in [1.82, 2.24) is 15.4 Å². The van der Waals surface area contributed by atoms with Crippen LogP contribution in [0.4, 0.5) is 5.69 Å². The highest BCUT2D eigenvalue weighted by molar-refractivity contribution is 7.92. The number of hydrogen-bond acceptors (Lipinski definition) is 5. The van der Waals surface area contributed by atoms with Gasteiger partial charge in [-0.2, -0.15) is 0 Å². The Hall–Kier alpha value is -3.92. The van der Waals surface area contributed by atoms with Crippen molar-refractivity contribution in [3.05, 3.63) is 107 Å². The fraction of sp³-hybridized carbons (Fsp3) is 0.233. The molecule has 1 atom stereocenters. The van der Waals surface area contributed by atoms with Gasteiger partial charge in [-0.05, 0) is 71.4 Å². The van der Waals surface area contributed by atoms with Crippen LogP contribution in [0, 0.1) is 0 Å². The Bertz CT molecular complexity index is 1610. The van der Waals surface area contributed by atoms with Crippen LogP contribution < -0.4 is 10.2 Å². The molecule has 3 aromatic carbocycles. The third-order valence-electron chi connectivity index (χ3n) is 7.18. The number of aromatic amines is 1. The fourth-order valence-electron chi connectivity index (χ4n) is 5.38. The molecule has 1 amide bonds. The highest BCUT2D eigenvalue weighted by Crippen LogP contribution is 2.37. The maximum absolute atomic E-state index is 11.6. The molecule has 1 aliphatic rings. The number of nitrogens with one attached hydrogen (secondary N) is 3. The van der Waals surface area contributed by atoms with Crippen LogP contribution in [0.2, 0.25) is 0 Å². The Morgan fingerprint density at radius 3 is 2.69 bits per heavy atom. The SMILES string of the molecule is CS(=O)(=O)Nc1ccc(CN(CCc2c[nH]c3ccccc23)[C@@H]2CCc3cc(C=CC(=O)NO)ccc32)cc1. The second-order valence-corrected chi connectivity index (χ2v) is 11.7. The van der Waals surface area contributed by atoms with Crippen LogP contribution in [-0.4, -0.2) is 42.2 Å². The molecule has 9 heteroatoms. The van der Waals surface area contributed by atoms with Gasteiger partial charge in [0.15, 0.2) is 0 Å². The van der Waals surface area contributed by atoms with Crippen molar-refractivity contribution in [2.24, 2.45) is 0 Å². The number of aromatic nitrogens is 1. The van der Waals surface area contributed by atoms with E-state index in [0.717, 1.165) is 55.3 Å². The molecule has 4 N–H and O–H groups in total. The van der Waals surface area contributed by atoms with Crippen molar-refractivity contribution in [2.45, 2.75) is 31.8 Å². The van der Waals surface area contributed by atoms with E-state index in [1.807, 2.05) is 24.3 Å². The van der Waals surface area contributed by atoms with Gasteiger partial charge in [-0.1, -0.05) is 48.5 Å². The molecular formula is C30H32N4O4S. The smallest absolute Gasteiger partial charge is 0.267 e. The minimum absolute atomic E-state index is 0.234. The quantitative estimate of drug-likeness (QED) is 0.130. The standard InChI is InChI=1S/C30H32N4O4S/c1-39(37,38)33-25-11-6-22(7-12-25)20-34(17-16-24-19-31-28-5-3-2-4-26(24)28)29-14-10-23-18-21(8-13-27(23)29)9-15-30(35)32-36/h2-9,11-13,15,18-19,29,31,33,36H,10,14,16-17,20H2,1H3,(H,32,35)/t29-/m1/s1. The number of hydroxylamine groups is 1. The average molecular weight is 545 g/mol. The molecule has 0 aliphatic heterocycles. The first-order valence-corrected chi connectivity index (χ1v) is 14.8. The summed E-state index contributed by atoms with van der Waals surface area (Å²) in [6.07, 6.45) is 9.06. The first-order chi connectivity index (χ1) is 18.8. The average Bonchev–Trinajstić information content (AvgIpc) is 3.54.